The van der Waals surface area contributed by atoms with Gasteiger partial charge in [-0.1, -0.05) is 60.8 Å². The van der Waals surface area contributed by atoms with Crippen molar-refractivity contribution in [1.82, 2.24) is 10.2 Å². The fraction of sp³-hybridized carbons (Fsp3) is 0.417. The van der Waals surface area contributed by atoms with Crippen LogP contribution in [0, 0.1) is 12.8 Å². The van der Waals surface area contributed by atoms with Crippen molar-refractivity contribution in [2.24, 2.45) is 5.92 Å². The SMILES string of the molecule is Cc1ccc(N(CC(=O)N(Cc2ccc(Cl)c(Cl)c2)C(C)C(=O)NCC(C)C)S(C)(=O)=O)cc1Cl. The summed E-state index contributed by atoms with van der Waals surface area (Å²) in [5.74, 6) is -0.695. The summed E-state index contributed by atoms with van der Waals surface area (Å²) in [6.07, 6.45) is 1.01. The quantitative estimate of drug-likeness (QED) is 0.446. The van der Waals surface area contributed by atoms with Gasteiger partial charge in [-0.25, -0.2) is 8.42 Å². The Labute approximate surface area is 222 Å². The summed E-state index contributed by atoms with van der Waals surface area (Å²) in [6.45, 7) is 7.26. The summed E-state index contributed by atoms with van der Waals surface area (Å²) >= 11 is 18.4. The predicted octanol–water partition coefficient (Wildman–Crippen LogP) is 4.91. The van der Waals surface area contributed by atoms with Gasteiger partial charge in [0.1, 0.15) is 12.6 Å². The number of carbonyl (C=O) groups is 2. The molecule has 35 heavy (non-hydrogen) atoms. The van der Waals surface area contributed by atoms with Gasteiger partial charge < -0.3 is 10.2 Å². The summed E-state index contributed by atoms with van der Waals surface area (Å²) in [4.78, 5) is 27.7. The van der Waals surface area contributed by atoms with Crippen LogP contribution in [0.4, 0.5) is 5.69 Å². The minimum atomic E-state index is -3.84. The van der Waals surface area contributed by atoms with E-state index < -0.39 is 28.5 Å². The third-order valence-corrected chi connectivity index (χ3v) is 7.60. The van der Waals surface area contributed by atoms with Crippen LogP contribution >= 0.6 is 34.8 Å². The maximum Gasteiger partial charge on any atom is 0.244 e. The molecule has 7 nitrogen and oxygen atoms in total. The molecule has 2 rings (SSSR count). The highest BCUT2D eigenvalue weighted by molar-refractivity contribution is 7.92. The Bertz CT molecular complexity index is 1190. The molecule has 1 unspecified atom stereocenters. The van der Waals surface area contributed by atoms with Crippen LogP contribution in [-0.2, 0) is 26.2 Å². The number of hydrogen-bond donors (Lipinski definition) is 1. The summed E-state index contributed by atoms with van der Waals surface area (Å²) in [7, 11) is -3.84. The first-order chi connectivity index (χ1) is 16.2. The van der Waals surface area contributed by atoms with E-state index in [1.165, 1.54) is 11.0 Å². The van der Waals surface area contributed by atoms with E-state index in [9.17, 15) is 18.0 Å². The Morgan fingerprint density at radius 3 is 2.17 bits per heavy atom. The van der Waals surface area contributed by atoms with Crippen molar-refractivity contribution in [2.75, 3.05) is 23.7 Å². The Kier molecular flexibility index (Phi) is 10.3. The van der Waals surface area contributed by atoms with Crippen LogP contribution in [0.5, 0.6) is 0 Å². The zero-order valence-electron chi connectivity index (χ0n) is 20.3. The molecule has 0 bridgehead atoms. The van der Waals surface area contributed by atoms with Gasteiger partial charge in [-0.05, 0) is 55.2 Å². The Morgan fingerprint density at radius 1 is 0.971 bits per heavy atom. The van der Waals surface area contributed by atoms with Gasteiger partial charge in [0.05, 0.1) is 22.0 Å². The van der Waals surface area contributed by atoms with Crippen LogP contribution in [0.1, 0.15) is 31.9 Å². The largest absolute Gasteiger partial charge is 0.354 e. The molecule has 2 aromatic carbocycles. The van der Waals surface area contributed by atoms with Crippen molar-refractivity contribution in [3.8, 4) is 0 Å². The van der Waals surface area contributed by atoms with Crippen molar-refractivity contribution in [3.05, 3.63) is 62.6 Å². The smallest absolute Gasteiger partial charge is 0.244 e. The van der Waals surface area contributed by atoms with E-state index in [2.05, 4.69) is 5.32 Å². The van der Waals surface area contributed by atoms with Crippen LogP contribution in [-0.4, -0.2) is 50.5 Å². The lowest BCUT2D eigenvalue weighted by atomic mass is 10.1. The summed E-state index contributed by atoms with van der Waals surface area (Å²) in [6, 6.07) is 8.78. The topological polar surface area (TPSA) is 86.8 Å². The molecule has 0 spiro atoms. The van der Waals surface area contributed by atoms with Crippen molar-refractivity contribution in [3.63, 3.8) is 0 Å². The van der Waals surface area contributed by atoms with Gasteiger partial charge in [0.25, 0.3) is 0 Å². The zero-order chi connectivity index (χ0) is 26.5. The second-order valence-corrected chi connectivity index (χ2v) is 11.9. The molecule has 11 heteroatoms. The number of hydrogen-bond acceptors (Lipinski definition) is 4. The normalized spacial score (nSPS) is 12.4. The molecule has 1 atom stereocenters. The Hall–Kier alpha value is -2.00. The van der Waals surface area contributed by atoms with E-state index in [0.717, 1.165) is 16.1 Å². The molecule has 0 aliphatic carbocycles. The lowest BCUT2D eigenvalue weighted by Gasteiger charge is -2.31. The summed E-state index contributed by atoms with van der Waals surface area (Å²) < 4.78 is 26.2. The molecule has 0 fully saturated rings. The molecule has 0 aliphatic heterocycles. The van der Waals surface area contributed by atoms with Crippen LogP contribution in [0.15, 0.2) is 36.4 Å². The van der Waals surface area contributed by atoms with Crippen molar-refractivity contribution >= 4 is 62.3 Å². The van der Waals surface area contributed by atoms with Crippen LogP contribution in [0.25, 0.3) is 0 Å². The van der Waals surface area contributed by atoms with E-state index in [1.54, 1.807) is 44.2 Å². The van der Waals surface area contributed by atoms with Gasteiger partial charge >= 0.3 is 0 Å². The molecular formula is C24H30Cl3N3O4S. The van der Waals surface area contributed by atoms with Gasteiger partial charge in [-0.15, -0.1) is 0 Å². The number of aryl methyl sites for hydroxylation is 1. The maximum atomic E-state index is 13.5. The number of nitrogens with zero attached hydrogens (tertiary/aromatic N) is 2. The first-order valence-electron chi connectivity index (χ1n) is 11.0. The molecule has 2 amide bonds. The lowest BCUT2D eigenvalue weighted by Crippen LogP contribution is -2.51. The number of rotatable bonds is 10. The molecule has 0 aromatic heterocycles. The molecular weight excluding hydrogens is 533 g/mol. The average Bonchev–Trinajstić information content (AvgIpc) is 2.77. The number of benzene rings is 2. The van der Waals surface area contributed by atoms with E-state index >= 15 is 0 Å². The second kappa shape index (κ2) is 12.3. The molecule has 2 aromatic rings. The van der Waals surface area contributed by atoms with E-state index in [-0.39, 0.29) is 24.1 Å². The van der Waals surface area contributed by atoms with Gasteiger partial charge in [0.15, 0.2) is 0 Å². The minimum absolute atomic E-state index is 0.0260. The highest BCUT2D eigenvalue weighted by atomic mass is 35.5. The fourth-order valence-corrected chi connectivity index (χ4v) is 4.56. The van der Waals surface area contributed by atoms with Crippen LogP contribution in [0.2, 0.25) is 15.1 Å². The van der Waals surface area contributed by atoms with Gasteiger partial charge in [0.2, 0.25) is 21.8 Å². The summed E-state index contributed by atoms with van der Waals surface area (Å²) in [5, 5.41) is 3.86. The number of sulfonamides is 1. The number of nitrogens with one attached hydrogen (secondary N) is 1. The highest BCUT2D eigenvalue weighted by Crippen LogP contribution is 2.26. The third-order valence-electron chi connectivity index (χ3n) is 5.31. The lowest BCUT2D eigenvalue weighted by molar-refractivity contribution is -0.139. The van der Waals surface area contributed by atoms with Gasteiger partial charge in [0, 0.05) is 18.1 Å². The van der Waals surface area contributed by atoms with Gasteiger partial charge in [-0.3, -0.25) is 13.9 Å². The third kappa shape index (κ3) is 8.27. The first-order valence-corrected chi connectivity index (χ1v) is 13.9. The minimum Gasteiger partial charge on any atom is -0.354 e. The molecule has 0 saturated carbocycles. The molecule has 0 heterocycles. The maximum absolute atomic E-state index is 13.5. The zero-order valence-corrected chi connectivity index (χ0v) is 23.4. The standard InChI is InChI=1S/C24H30Cl3N3O4S/c1-15(2)12-28-24(32)17(4)29(13-18-7-9-20(25)22(27)10-18)23(31)14-30(35(5,33)34)19-8-6-16(3)21(26)11-19/h6-11,15,17H,12-14H2,1-5H3,(H,28,32). The second-order valence-electron chi connectivity index (χ2n) is 8.79. The Balaban J connectivity index is 2.41. The van der Waals surface area contributed by atoms with E-state index in [0.29, 0.717) is 27.2 Å². The Morgan fingerprint density at radius 2 is 1.63 bits per heavy atom. The van der Waals surface area contributed by atoms with Gasteiger partial charge in [-0.2, -0.15) is 0 Å². The predicted molar refractivity (Wildman–Crippen MR) is 143 cm³/mol. The molecule has 0 radical (unpaired) electrons. The average molecular weight is 563 g/mol. The molecule has 0 saturated heterocycles. The number of amides is 2. The van der Waals surface area contributed by atoms with Crippen molar-refractivity contribution < 1.29 is 18.0 Å². The number of halogens is 3. The van der Waals surface area contributed by atoms with Crippen molar-refractivity contribution in [2.45, 2.75) is 40.3 Å². The molecule has 0 aliphatic rings. The van der Waals surface area contributed by atoms with Crippen LogP contribution in [0.3, 0.4) is 0 Å². The monoisotopic (exact) mass is 561 g/mol. The van der Waals surface area contributed by atoms with Crippen molar-refractivity contribution in [1.29, 1.82) is 0 Å². The number of carbonyl (C=O) groups excluding carboxylic acids is 2. The first kappa shape index (κ1) is 29.2. The molecule has 192 valence electrons. The number of anilines is 1. The highest BCUT2D eigenvalue weighted by Gasteiger charge is 2.30. The van der Waals surface area contributed by atoms with E-state index in [4.69, 9.17) is 34.8 Å². The van der Waals surface area contributed by atoms with Crippen LogP contribution < -0.4 is 9.62 Å². The molecule has 1 N–H and O–H groups in total. The van der Waals surface area contributed by atoms with E-state index in [1.807, 2.05) is 13.8 Å². The summed E-state index contributed by atoms with van der Waals surface area (Å²) in [5.41, 5.74) is 1.66. The fourth-order valence-electron chi connectivity index (χ4n) is 3.22.